The van der Waals surface area contributed by atoms with E-state index in [9.17, 15) is 22.8 Å². The van der Waals surface area contributed by atoms with E-state index in [1.54, 1.807) is 0 Å². The molecule has 3 aromatic heterocycles. The summed E-state index contributed by atoms with van der Waals surface area (Å²) in [7, 11) is 1.37. The van der Waals surface area contributed by atoms with Gasteiger partial charge in [0.2, 0.25) is 5.95 Å². The highest BCUT2D eigenvalue weighted by atomic mass is 35.5. The number of pyridine rings is 3. The van der Waals surface area contributed by atoms with Crippen LogP contribution in [0.25, 0.3) is 5.70 Å². The molecule has 194 valence electrons. The zero-order valence-electron chi connectivity index (χ0n) is 19.3. The van der Waals surface area contributed by atoms with Crippen LogP contribution in [0.4, 0.5) is 23.7 Å². The molecule has 0 unspecified atom stereocenters. The largest absolute Gasteiger partial charge is 0.441 e. The number of nitrogens with zero attached hydrogens (tertiary/aromatic N) is 4. The maximum Gasteiger partial charge on any atom is 0.413 e. The van der Waals surface area contributed by atoms with Crippen LogP contribution in [0.3, 0.4) is 0 Å². The average molecular weight is 537 g/mol. The van der Waals surface area contributed by atoms with Crippen molar-refractivity contribution in [2.45, 2.75) is 13.0 Å². The number of ether oxygens (including phenoxy) is 1. The lowest BCUT2D eigenvalue weighted by Crippen LogP contribution is -2.39. The van der Waals surface area contributed by atoms with Crippen molar-refractivity contribution in [3.63, 3.8) is 0 Å². The second kappa shape index (κ2) is 11.5. The first-order chi connectivity index (χ1) is 17.5. The third-order valence-electron chi connectivity index (χ3n) is 4.76. The Morgan fingerprint density at radius 2 is 1.86 bits per heavy atom. The number of nitrogens with one attached hydrogen (secondary N) is 2. The zero-order valence-corrected chi connectivity index (χ0v) is 20.1. The first-order valence-electron chi connectivity index (χ1n) is 10.3. The Balaban J connectivity index is 1.73. The van der Waals surface area contributed by atoms with E-state index in [-0.39, 0.29) is 39.0 Å². The fourth-order valence-electron chi connectivity index (χ4n) is 2.94. The number of hydrazine groups is 1. The second-order valence-electron chi connectivity index (χ2n) is 7.45. The summed E-state index contributed by atoms with van der Waals surface area (Å²) in [6.45, 7) is 1.32. The molecule has 11 nitrogen and oxygen atoms in total. The van der Waals surface area contributed by atoms with E-state index in [1.165, 1.54) is 32.3 Å². The number of hydrogen-bond donors (Lipinski definition) is 4. The number of carbonyl (C=O) groups excluding carboxylic acids is 2. The molecule has 3 aromatic rings. The van der Waals surface area contributed by atoms with Crippen molar-refractivity contribution in [2.75, 3.05) is 12.4 Å². The molecule has 6 N–H and O–H groups in total. The number of halogens is 4. The SMILES string of the molecule is C[C@@H](OC(=O)N/C(=C(/N)c1ccc(NC(=O)c2cncc(F)c2Cl)cn1)N(C)N)c1cc(F)cnc1F. The molecular formula is C22H20ClF3N8O3. The first-order valence-corrected chi connectivity index (χ1v) is 10.7. The predicted molar refractivity (Wildman–Crippen MR) is 127 cm³/mol. The summed E-state index contributed by atoms with van der Waals surface area (Å²) in [5.41, 5.74) is 5.92. The molecule has 0 saturated heterocycles. The van der Waals surface area contributed by atoms with Crippen molar-refractivity contribution in [1.82, 2.24) is 25.3 Å². The summed E-state index contributed by atoms with van der Waals surface area (Å²) in [6.07, 6.45) is 1.64. The Bertz CT molecular complexity index is 1360. The summed E-state index contributed by atoms with van der Waals surface area (Å²) in [5.74, 6) is 2.26. The molecule has 15 heteroatoms. The number of aromatic nitrogens is 3. The Morgan fingerprint density at radius 3 is 2.51 bits per heavy atom. The van der Waals surface area contributed by atoms with E-state index in [4.69, 9.17) is 27.9 Å². The van der Waals surface area contributed by atoms with E-state index in [2.05, 4.69) is 25.6 Å². The highest BCUT2D eigenvalue weighted by molar-refractivity contribution is 6.34. The highest BCUT2D eigenvalue weighted by Gasteiger charge is 2.21. The van der Waals surface area contributed by atoms with Gasteiger partial charge in [-0.25, -0.2) is 24.4 Å². The minimum Gasteiger partial charge on any atom is -0.441 e. The minimum absolute atomic E-state index is 0.0940. The number of nitrogens with two attached hydrogens (primary N) is 2. The van der Waals surface area contributed by atoms with Gasteiger partial charge in [-0.15, -0.1) is 0 Å². The van der Waals surface area contributed by atoms with Gasteiger partial charge in [0.05, 0.1) is 46.1 Å². The predicted octanol–water partition coefficient (Wildman–Crippen LogP) is 3.07. The smallest absolute Gasteiger partial charge is 0.413 e. The summed E-state index contributed by atoms with van der Waals surface area (Å²) in [4.78, 5) is 35.7. The fraction of sp³-hybridized carbons (Fsp3) is 0.136. The van der Waals surface area contributed by atoms with Crippen LogP contribution in [0, 0.1) is 17.6 Å². The lowest BCUT2D eigenvalue weighted by molar-refractivity contribution is 0.102. The van der Waals surface area contributed by atoms with Gasteiger partial charge in [0.25, 0.3) is 5.91 Å². The molecule has 3 rings (SSSR count). The number of rotatable bonds is 7. The summed E-state index contributed by atoms with van der Waals surface area (Å²) >= 11 is 5.79. The molecule has 0 fully saturated rings. The van der Waals surface area contributed by atoms with Gasteiger partial charge in [-0.2, -0.15) is 4.39 Å². The normalized spacial score (nSPS) is 12.3. The molecule has 2 amide bonds. The molecular weight excluding hydrogens is 517 g/mol. The maximum absolute atomic E-state index is 13.8. The van der Waals surface area contributed by atoms with Crippen molar-refractivity contribution in [3.05, 3.63) is 88.2 Å². The van der Waals surface area contributed by atoms with Crippen molar-refractivity contribution >= 4 is 35.0 Å². The molecule has 0 radical (unpaired) electrons. The Morgan fingerprint density at radius 1 is 1.14 bits per heavy atom. The van der Waals surface area contributed by atoms with Crippen molar-refractivity contribution in [3.8, 4) is 0 Å². The molecule has 3 heterocycles. The Labute approximate surface area is 213 Å². The summed E-state index contributed by atoms with van der Waals surface area (Å²) in [6, 6.07) is 3.69. The van der Waals surface area contributed by atoms with E-state index in [0.717, 1.165) is 23.5 Å². The zero-order chi connectivity index (χ0) is 27.3. The van der Waals surface area contributed by atoms with Crippen LogP contribution < -0.4 is 22.2 Å². The van der Waals surface area contributed by atoms with E-state index >= 15 is 0 Å². The third-order valence-corrected chi connectivity index (χ3v) is 5.15. The van der Waals surface area contributed by atoms with Crippen LogP contribution in [-0.2, 0) is 4.74 Å². The van der Waals surface area contributed by atoms with Gasteiger partial charge in [-0.05, 0) is 25.1 Å². The van der Waals surface area contributed by atoms with Crippen molar-refractivity contribution in [2.24, 2.45) is 11.6 Å². The van der Waals surface area contributed by atoms with Crippen LogP contribution in [0.5, 0.6) is 0 Å². The van der Waals surface area contributed by atoms with Gasteiger partial charge < -0.3 is 15.8 Å². The molecule has 0 aliphatic heterocycles. The number of carbonyl (C=O) groups is 2. The lowest BCUT2D eigenvalue weighted by atomic mass is 10.2. The third kappa shape index (κ3) is 6.62. The van der Waals surface area contributed by atoms with E-state index < -0.39 is 35.7 Å². The first kappa shape index (κ1) is 27.2. The van der Waals surface area contributed by atoms with Gasteiger partial charge in [0, 0.05) is 13.2 Å². The monoisotopic (exact) mass is 536 g/mol. The average Bonchev–Trinajstić information content (AvgIpc) is 2.85. The molecule has 37 heavy (non-hydrogen) atoms. The van der Waals surface area contributed by atoms with Crippen LogP contribution in [0.1, 0.15) is 34.6 Å². The minimum atomic E-state index is -1.20. The second-order valence-corrected chi connectivity index (χ2v) is 7.83. The molecule has 0 aliphatic rings. The molecule has 0 aromatic carbocycles. The van der Waals surface area contributed by atoms with Crippen molar-refractivity contribution in [1.29, 1.82) is 0 Å². The number of alkyl carbamates (subject to hydrolysis) is 1. The maximum atomic E-state index is 13.8. The fourth-order valence-corrected chi connectivity index (χ4v) is 3.13. The number of amides is 2. The van der Waals surface area contributed by atoms with Crippen LogP contribution in [-0.4, -0.2) is 39.0 Å². The molecule has 0 saturated carbocycles. The molecule has 0 bridgehead atoms. The lowest BCUT2D eigenvalue weighted by Gasteiger charge is -2.21. The molecule has 0 spiro atoms. The molecule has 0 aliphatic carbocycles. The Hall–Kier alpha value is -4.43. The summed E-state index contributed by atoms with van der Waals surface area (Å²) in [5, 5.41) is 5.39. The quantitative estimate of drug-likeness (QED) is 0.202. The van der Waals surface area contributed by atoms with Gasteiger partial charge in [0.1, 0.15) is 17.6 Å². The van der Waals surface area contributed by atoms with Gasteiger partial charge in [-0.3, -0.25) is 25.1 Å². The van der Waals surface area contributed by atoms with Crippen LogP contribution >= 0.6 is 11.6 Å². The van der Waals surface area contributed by atoms with Gasteiger partial charge in [0.15, 0.2) is 11.6 Å². The van der Waals surface area contributed by atoms with Gasteiger partial charge in [-0.1, -0.05) is 11.6 Å². The van der Waals surface area contributed by atoms with E-state index in [1.807, 2.05) is 0 Å². The number of hydrogen-bond acceptors (Lipinski definition) is 9. The summed E-state index contributed by atoms with van der Waals surface area (Å²) < 4.78 is 45.9. The highest BCUT2D eigenvalue weighted by Crippen LogP contribution is 2.22. The topological polar surface area (TPSA) is 161 Å². The Kier molecular flexibility index (Phi) is 8.47. The van der Waals surface area contributed by atoms with Gasteiger partial charge >= 0.3 is 6.09 Å². The van der Waals surface area contributed by atoms with E-state index in [0.29, 0.717) is 6.20 Å². The van der Waals surface area contributed by atoms with Crippen LogP contribution in [0.2, 0.25) is 5.02 Å². The standard InChI is InChI=1S/C22H20ClF3N8O3/c1-10(13-5-11(24)6-31-19(13)26)37-22(36)33-20(34(2)28)18(27)16-4-3-12(7-30-16)32-21(35)14-8-29-9-15(25)17(14)23/h3-10H,27-28H2,1-2H3,(H,32,35)(H,33,36)/b20-18-/t10-/m1/s1. The van der Waals surface area contributed by atoms with Crippen molar-refractivity contribution < 1.29 is 27.5 Å². The number of anilines is 1. The molecule has 1 atom stereocenters. The van der Waals surface area contributed by atoms with Crippen LogP contribution in [0.15, 0.2) is 48.8 Å².